The van der Waals surface area contributed by atoms with E-state index in [1.54, 1.807) is 0 Å². The summed E-state index contributed by atoms with van der Waals surface area (Å²) in [5, 5.41) is 0. The number of hydrogen-bond acceptors (Lipinski definition) is 0. The van der Waals surface area contributed by atoms with E-state index in [0.29, 0.717) is 0 Å². The molecular formula is H4I4Ir. The maximum Gasteiger partial charge on any atom is 0 e. The minimum absolute atomic E-state index is 0. The Morgan fingerprint density at radius 2 is 0.400 bits per heavy atom. The molecule has 0 amide bonds. The molecule has 0 aromatic carbocycles. The second-order valence-corrected chi connectivity index (χ2v) is 0. The Balaban J connectivity index is 0. The van der Waals surface area contributed by atoms with Gasteiger partial charge in [-0.3, -0.25) is 0 Å². The van der Waals surface area contributed by atoms with Gasteiger partial charge in [-0.1, -0.05) is 0 Å². The Kier molecular flexibility index (Phi) is 198. The van der Waals surface area contributed by atoms with E-state index in [4.69, 9.17) is 0 Å². The zero-order chi connectivity index (χ0) is 0. The molecule has 5 heavy (non-hydrogen) atoms. The topological polar surface area (TPSA) is 0 Å². The van der Waals surface area contributed by atoms with Crippen molar-refractivity contribution in [2.24, 2.45) is 0 Å². The third-order valence-electron chi connectivity index (χ3n) is 0. The summed E-state index contributed by atoms with van der Waals surface area (Å²) in [4.78, 5) is 0. The van der Waals surface area contributed by atoms with Crippen LogP contribution in [0.4, 0.5) is 0 Å². The summed E-state index contributed by atoms with van der Waals surface area (Å²) in [7, 11) is 0. The molecule has 0 aromatic heterocycles. The molecule has 0 aliphatic heterocycles. The third kappa shape index (κ3) is 18.4. The van der Waals surface area contributed by atoms with Crippen LogP contribution in [0.3, 0.4) is 0 Å². The van der Waals surface area contributed by atoms with Crippen LogP contribution in [-0.4, -0.2) is 0 Å². The van der Waals surface area contributed by atoms with Crippen LogP contribution in [0.25, 0.3) is 0 Å². The van der Waals surface area contributed by atoms with Gasteiger partial charge < -0.3 is 0 Å². The molecule has 0 aliphatic rings. The van der Waals surface area contributed by atoms with Gasteiger partial charge in [-0.15, -0.1) is 95.9 Å². The molecule has 1 radical (unpaired) electrons. The van der Waals surface area contributed by atoms with E-state index >= 15 is 0 Å². The maximum absolute atomic E-state index is 0. The first-order chi connectivity index (χ1) is 0. The Morgan fingerprint density at radius 1 is 0.400 bits per heavy atom. The average molecular weight is 704 g/mol. The van der Waals surface area contributed by atoms with E-state index in [0.717, 1.165) is 0 Å². The van der Waals surface area contributed by atoms with Crippen molar-refractivity contribution in [1.29, 1.82) is 0 Å². The van der Waals surface area contributed by atoms with Crippen LogP contribution in [0, 0.1) is 0 Å². The van der Waals surface area contributed by atoms with Crippen LogP contribution >= 0.6 is 95.9 Å². The van der Waals surface area contributed by atoms with E-state index in [9.17, 15) is 0 Å². The van der Waals surface area contributed by atoms with Gasteiger partial charge in [0.05, 0.1) is 0 Å². The molecule has 0 nitrogen and oxygen atoms in total. The van der Waals surface area contributed by atoms with Crippen LogP contribution in [0.15, 0.2) is 0 Å². The normalized spacial score (nSPS) is 0. The molecule has 0 aromatic rings. The van der Waals surface area contributed by atoms with Crippen molar-refractivity contribution >= 4 is 95.9 Å². The van der Waals surface area contributed by atoms with Gasteiger partial charge in [-0.2, -0.15) is 0 Å². The molecule has 0 heterocycles. The Hall–Kier alpha value is 3.57. The van der Waals surface area contributed by atoms with E-state index in [1.807, 2.05) is 0 Å². The second kappa shape index (κ2) is 25.6. The fourth-order valence-corrected chi connectivity index (χ4v) is 0. The summed E-state index contributed by atoms with van der Waals surface area (Å²) in [5.41, 5.74) is 0. The van der Waals surface area contributed by atoms with Crippen molar-refractivity contribution in [3.8, 4) is 0 Å². The molecule has 41 valence electrons. The van der Waals surface area contributed by atoms with E-state index in [1.165, 1.54) is 0 Å². The van der Waals surface area contributed by atoms with E-state index in [-0.39, 0.29) is 116 Å². The van der Waals surface area contributed by atoms with E-state index in [2.05, 4.69) is 0 Å². The van der Waals surface area contributed by atoms with Gasteiger partial charge in [0.2, 0.25) is 0 Å². The Morgan fingerprint density at radius 3 is 0.400 bits per heavy atom. The fourth-order valence-electron chi connectivity index (χ4n) is 0. The molecule has 5 heteroatoms. The molecule has 0 aliphatic carbocycles. The van der Waals surface area contributed by atoms with Crippen molar-refractivity contribution in [3.63, 3.8) is 0 Å². The molecule has 0 saturated carbocycles. The van der Waals surface area contributed by atoms with Gasteiger partial charge in [0.1, 0.15) is 0 Å². The van der Waals surface area contributed by atoms with Crippen molar-refractivity contribution in [3.05, 3.63) is 0 Å². The van der Waals surface area contributed by atoms with Crippen LogP contribution in [-0.2, 0) is 20.1 Å². The Labute approximate surface area is 113 Å². The molecule has 0 N–H and O–H groups in total. The maximum atomic E-state index is 0. The van der Waals surface area contributed by atoms with Gasteiger partial charge in [0.25, 0.3) is 0 Å². The Bertz CT molecular complexity index is 3.61. The van der Waals surface area contributed by atoms with Crippen molar-refractivity contribution < 1.29 is 20.1 Å². The molecule has 0 unspecified atom stereocenters. The van der Waals surface area contributed by atoms with Crippen LogP contribution in [0.5, 0.6) is 0 Å². The standard InChI is InChI=1S/4HI.Ir/h4*1H;. The molecule has 0 bridgehead atoms. The monoisotopic (exact) mass is 705 g/mol. The fraction of sp³-hybridized carbons (Fsp3) is 0. The zero-order valence-electron chi connectivity index (χ0n) is 1.97. The quantitative estimate of drug-likeness (QED) is 0.341. The predicted molar refractivity (Wildman–Crippen MR) is 61.7 cm³/mol. The van der Waals surface area contributed by atoms with Crippen LogP contribution < -0.4 is 0 Å². The summed E-state index contributed by atoms with van der Waals surface area (Å²) in [6.45, 7) is 0. The summed E-state index contributed by atoms with van der Waals surface area (Å²) in [6, 6.07) is 0. The third-order valence-corrected chi connectivity index (χ3v) is 0. The van der Waals surface area contributed by atoms with Crippen LogP contribution in [0.2, 0.25) is 0 Å². The van der Waals surface area contributed by atoms with Gasteiger partial charge in [0.15, 0.2) is 0 Å². The molecular weight excluding hydrogens is 700 g/mol. The smallest absolute Gasteiger partial charge is 0 e. The largest absolute Gasteiger partial charge is 0.107 e. The van der Waals surface area contributed by atoms with Crippen LogP contribution in [0.1, 0.15) is 0 Å². The molecule has 0 saturated heterocycles. The van der Waals surface area contributed by atoms with Gasteiger partial charge in [0, 0.05) is 20.1 Å². The zero-order valence-corrected chi connectivity index (χ0v) is 13.7. The number of hydrogen-bond donors (Lipinski definition) is 0. The van der Waals surface area contributed by atoms with Crippen molar-refractivity contribution in [2.45, 2.75) is 0 Å². The molecule has 0 atom stereocenters. The molecule has 0 fully saturated rings. The number of halogens is 4. The van der Waals surface area contributed by atoms with Crippen molar-refractivity contribution in [2.75, 3.05) is 0 Å². The minimum Gasteiger partial charge on any atom is -0.107 e. The summed E-state index contributed by atoms with van der Waals surface area (Å²) in [6.07, 6.45) is 0. The first-order valence-electron chi connectivity index (χ1n) is 0. The van der Waals surface area contributed by atoms with Gasteiger partial charge in [-0.25, -0.2) is 0 Å². The first-order valence-corrected chi connectivity index (χ1v) is 0. The van der Waals surface area contributed by atoms with Gasteiger partial charge >= 0.3 is 0 Å². The number of rotatable bonds is 0. The SMILES string of the molecule is I.I.I.I.[Ir]. The molecule has 0 spiro atoms. The minimum atomic E-state index is 0. The average Bonchev–Trinajstić information content (AvgIpc) is 0. The van der Waals surface area contributed by atoms with E-state index < -0.39 is 0 Å². The second-order valence-electron chi connectivity index (χ2n) is 0. The molecule has 0 rings (SSSR count). The summed E-state index contributed by atoms with van der Waals surface area (Å²) in [5.74, 6) is 0. The summed E-state index contributed by atoms with van der Waals surface area (Å²) >= 11 is 0. The predicted octanol–water partition coefficient (Wildman–Crippen LogP) is 2.47. The first kappa shape index (κ1) is 38.5. The summed E-state index contributed by atoms with van der Waals surface area (Å²) < 4.78 is 0. The van der Waals surface area contributed by atoms with Gasteiger partial charge in [-0.05, 0) is 0 Å². The van der Waals surface area contributed by atoms with Crippen molar-refractivity contribution in [1.82, 2.24) is 0 Å².